The van der Waals surface area contributed by atoms with E-state index in [1.807, 2.05) is 23.1 Å². The Bertz CT molecular complexity index is 916. The van der Waals surface area contributed by atoms with Crippen molar-refractivity contribution in [2.75, 3.05) is 38.0 Å². The van der Waals surface area contributed by atoms with E-state index in [4.69, 9.17) is 0 Å². The van der Waals surface area contributed by atoms with E-state index in [9.17, 15) is 9.59 Å². The number of rotatable bonds is 3. The fraction of sp³-hybridized carbons (Fsp3) is 0.391. The van der Waals surface area contributed by atoms with Crippen LogP contribution in [0.4, 0.5) is 10.5 Å². The van der Waals surface area contributed by atoms with Crippen molar-refractivity contribution >= 4 is 17.6 Å². The lowest BCUT2D eigenvalue weighted by Gasteiger charge is -2.24. The molecule has 29 heavy (non-hydrogen) atoms. The first-order valence-corrected chi connectivity index (χ1v) is 10.4. The van der Waals surface area contributed by atoms with Crippen molar-refractivity contribution in [3.05, 3.63) is 65.2 Å². The molecule has 6 heteroatoms. The van der Waals surface area contributed by atoms with Gasteiger partial charge in [-0.2, -0.15) is 0 Å². The summed E-state index contributed by atoms with van der Waals surface area (Å²) in [4.78, 5) is 29.4. The van der Waals surface area contributed by atoms with Crippen molar-refractivity contribution < 1.29 is 9.59 Å². The molecule has 150 valence electrons. The van der Waals surface area contributed by atoms with Crippen molar-refractivity contribution in [1.29, 1.82) is 0 Å². The van der Waals surface area contributed by atoms with E-state index in [0.717, 1.165) is 50.4 Å². The molecule has 2 saturated heterocycles. The highest BCUT2D eigenvalue weighted by Gasteiger charge is 2.41. The Hall–Kier alpha value is -2.86. The molecule has 2 aromatic rings. The summed E-state index contributed by atoms with van der Waals surface area (Å²) in [6, 6.07) is 16.1. The number of hydrogen-bond donors (Lipinski definition) is 2. The molecule has 2 fully saturated rings. The Morgan fingerprint density at radius 2 is 1.76 bits per heavy atom. The van der Waals surface area contributed by atoms with Crippen LogP contribution in [0.5, 0.6) is 0 Å². The van der Waals surface area contributed by atoms with Crippen LogP contribution in [-0.2, 0) is 13.0 Å². The Morgan fingerprint density at radius 3 is 2.52 bits per heavy atom. The fourth-order valence-electron chi connectivity index (χ4n) is 5.00. The zero-order valence-electron chi connectivity index (χ0n) is 16.4. The van der Waals surface area contributed by atoms with Crippen LogP contribution in [0.15, 0.2) is 48.5 Å². The largest absolute Gasteiger partial charge is 0.352 e. The van der Waals surface area contributed by atoms with Crippen molar-refractivity contribution in [3.8, 4) is 0 Å². The first-order chi connectivity index (χ1) is 14.2. The molecule has 0 aromatic heterocycles. The van der Waals surface area contributed by atoms with Crippen LogP contribution in [-0.4, -0.2) is 54.5 Å². The molecule has 0 radical (unpaired) electrons. The maximum Gasteiger partial charge on any atom is 0.321 e. The lowest BCUT2D eigenvalue weighted by atomic mass is 9.98. The molecule has 0 aliphatic carbocycles. The van der Waals surface area contributed by atoms with Gasteiger partial charge in [0, 0.05) is 50.5 Å². The summed E-state index contributed by atoms with van der Waals surface area (Å²) >= 11 is 0. The van der Waals surface area contributed by atoms with Crippen LogP contribution in [0, 0.1) is 11.8 Å². The van der Waals surface area contributed by atoms with Gasteiger partial charge < -0.3 is 15.5 Å². The number of benzene rings is 2. The third kappa shape index (κ3) is 3.60. The number of nitrogens with one attached hydrogen (secondary N) is 2. The minimum absolute atomic E-state index is 0.0478. The zero-order chi connectivity index (χ0) is 19.8. The van der Waals surface area contributed by atoms with Crippen LogP contribution < -0.4 is 10.6 Å². The Morgan fingerprint density at radius 1 is 1.00 bits per heavy atom. The maximum atomic E-state index is 12.9. The van der Waals surface area contributed by atoms with Gasteiger partial charge in [-0.05, 0) is 41.5 Å². The van der Waals surface area contributed by atoms with Gasteiger partial charge in [-0.15, -0.1) is 0 Å². The molecule has 0 saturated carbocycles. The normalized spacial score (nSPS) is 23.4. The van der Waals surface area contributed by atoms with E-state index in [2.05, 4.69) is 45.9 Å². The maximum absolute atomic E-state index is 12.9. The number of amides is 3. The minimum Gasteiger partial charge on any atom is -0.352 e. The van der Waals surface area contributed by atoms with Gasteiger partial charge in [-0.3, -0.25) is 9.69 Å². The summed E-state index contributed by atoms with van der Waals surface area (Å²) in [6.07, 6.45) is 0.747. The lowest BCUT2D eigenvalue weighted by Crippen LogP contribution is -2.37. The van der Waals surface area contributed by atoms with E-state index >= 15 is 0 Å². The van der Waals surface area contributed by atoms with Crippen molar-refractivity contribution in [2.24, 2.45) is 11.8 Å². The number of carbonyl (C=O) groups excluding carboxylic acids is 2. The minimum atomic E-state index is -0.0587. The Kier molecular flexibility index (Phi) is 4.72. The highest BCUT2D eigenvalue weighted by Crippen LogP contribution is 2.32. The van der Waals surface area contributed by atoms with Crippen molar-refractivity contribution in [1.82, 2.24) is 15.1 Å². The van der Waals surface area contributed by atoms with E-state index in [-0.39, 0.29) is 11.9 Å². The summed E-state index contributed by atoms with van der Waals surface area (Å²) in [5, 5.41) is 5.92. The lowest BCUT2D eigenvalue weighted by molar-refractivity contribution is 0.0946. The van der Waals surface area contributed by atoms with Crippen molar-refractivity contribution in [2.45, 2.75) is 13.0 Å². The van der Waals surface area contributed by atoms with Crippen molar-refractivity contribution in [3.63, 3.8) is 0 Å². The third-order valence-electron chi connectivity index (χ3n) is 6.42. The average molecular weight is 390 g/mol. The summed E-state index contributed by atoms with van der Waals surface area (Å²) in [7, 11) is 0. The SMILES string of the molecule is O=C1NCCc2c(NC(=O)N3C[C@H]4CN(Cc5ccccc5)C[C@H]4C3)cccc21. The van der Waals surface area contributed by atoms with E-state index in [0.29, 0.717) is 23.9 Å². The van der Waals surface area contributed by atoms with Gasteiger partial charge in [-0.1, -0.05) is 36.4 Å². The van der Waals surface area contributed by atoms with Crippen LogP contribution in [0.3, 0.4) is 0 Å². The molecule has 2 atom stereocenters. The zero-order valence-corrected chi connectivity index (χ0v) is 16.4. The number of fused-ring (bicyclic) bond motifs is 2. The number of nitrogens with zero attached hydrogens (tertiary/aromatic N) is 2. The van der Waals surface area contributed by atoms with Crippen LogP contribution in [0.1, 0.15) is 21.5 Å². The summed E-state index contributed by atoms with van der Waals surface area (Å²) in [6.45, 7) is 5.30. The van der Waals surface area contributed by atoms with E-state index in [1.165, 1.54) is 5.56 Å². The van der Waals surface area contributed by atoms with Gasteiger partial charge in [0.2, 0.25) is 0 Å². The number of anilines is 1. The van der Waals surface area contributed by atoms with Crippen LogP contribution in [0.2, 0.25) is 0 Å². The number of carbonyl (C=O) groups is 2. The van der Waals surface area contributed by atoms with Gasteiger partial charge in [-0.25, -0.2) is 4.79 Å². The molecular formula is C23H26N4O2. The molecular weight excluding hydrogens is 364 g/mol. The molecule has 6 nitrogen and oxygen atoms in total. The monoisotopic (exact) mass is 390 g/mol. The van der Waals surface area contributed by atoms with E-state index < -0.39 is 0 Å². The average Bonchev–Trinajstić information content (AvgIpc) is 3.28. The van der Waals surface area contributed by atoms with Gasteiger partial charge in [0.1, 0.15) is 0 Å². The predicted octanol–water partition coefficient (Wildman–Crippen LogP) is 2.57. The molecule has 3 aliphatic rings. The van der Waals surface area contributed by atoms with Gasteiger partial charge in [0.05, 0.1) is 0 Å². The standard InChI is InChI=1S/C23H26N4O2/c28-22-20-7-4-8-21(19(20)9-10-24-22)25-23(29)27-14-17-12-26(13-18(17)15-27)11-16-5-2-1-3-6-16/h1-8,17-18H,9-15H2,(H,24,28)(H,25,29)/t17-,18+. The number of likely N-dealkylation sites (tertiary alicyclic amines) is 2. The summed E-state index contributed by atoms with van der Waals surface area (Å²) in [5.74, 6) is 1.02. The summed E-state index contributed by atoms with van der Waals surface area (Å²) < 4.78 is 0. The fourth-order valence-corrected chi connectivity index (χ4v) is 5.00. The summed E-state index contributed by atoms with van der Waals surface area (Å²) in [5.41, 5.74) is 3.73. The quantitative estimate of drug-likeness (QED) is 0.847. The van der Waals surface area contributed by atoms with Gasteiger partial charge >= 0.3 is 6.03 Å². The molecule has 0 bridgehead atoms. The molecule has 2 aromatic carbocycles. The molecule has 3 amide bonds. The Labute approximate surface area is 170 Å². The number of hydrogen-bond acceptors (Lipinski definition) is 3. The predicted molar refractivity (Wildman–Crippen MR) is 112 cm³/mol. The smallest absolute Gasteiger partial charge is 0.321 e. The molecule has 2 N–H and O–H groups in total. The van der Waals surface area contributed by atoms with Gasteiger partial charge in [0.25, 0.3) is 5.91 Å². The second-order valence-electron chi connectivity index (χ2n) is 8.37. The van der Waals surface area contributed by atoms with Crippen LogP contribution in [0.25, 0.3) is 0 Å². The van der Waals surface area contributed by atoms with Gasteiger partial charge in [0.15, 0.2) is 0 Å². The topological polar surface area (TPSA) is 64.7 Å². The Balaban J connectivity index is 1.20. The molecule has 3 aliphatic heterocycles. The first kappa shape index (κ1) is 18.2. The molecule has 3 heterocycles. The first-order valence-electron chi connectivity index (χ1n) is 10.4. The molecule has 0 unspecified atom stereocenters. The third-order valence-corrected chi connectivity index (χ3v) is 6.42. The second-order valence-corrected chi connectivity index (χ2v) is 8.37. The highest BCUT2D eigenvalue weighted by atomic mass is 16.2. The van der Waals surface area contributed by atoms with E-state index in [1.54, 1.807) is 0 Å². The second kappa shape index (κ2) is 7.52. The van der Waals surface area contributed by atoms with Crippen LogP contribution >= 0.6 is 0 Å². The molecule has 5 rings (SSSR count). The molecule has 0 spiro atoms. The number of urea groups is 1. The highest BCUT2D eigenvalue weighted by molar-refractivity contribution is 6.00.